The van der Waals surface area contributed by atoms with Gasteiger partial charge in [-0.25, -0.2) is 0 Å². The Morgan fingerprint density at radius 2 is 1.88 bits per heavy atom. The second-order valence-electron chi connectivity index (χ2n) is 6.74. The molecule has 2 aromatic rings. The van der Waals surface area contributed by atoms with Crippen molar-refractivity contribution in [3.63, 3.8) is 0 Å². The third-order valence-corrected chi connectivity index (χ3v) is 6.58. The molecule has 1 saturated heterocycles. The first-order chi connectivity index (χ1) is 12.4. The van der Waals surface area contributed by atoms with Crippen LogP contribution in [0.2, 0.25) is 10.0 Å². The van der Waals surface area contributed by atoms with Gasteiger partial charge in [0, 0.05) is 47.8 Å². The van der Waals surface area contributed by atoms with Crippen LogP contribution < -0.4 is 5.32 Å². The van der Waals surface area contributed by atoms with E-state index in [-0.39, 0.29) is 5.91 Å². The van der Waals surface area contributed by atoms with Gasteiger partial charge in [0.2, 0.25) is 0 Å². The van der Waals surface area contributed by atoms with Crippen LogP contribution in [0.1, 0.15) is 23.5 Å². The Hall–Kier alpha value is -1.08. The Balaban J connectivity index is 1.65. The number of hydrogen-bond donors (Lipinski definition) is 1. The number of carbonyl (C=O) groups excluding carboxylic acids is 1. The molecule has 0 atom stereocenters. The number of benzene rings is 1. The minimum absolute atomic E-state index is 0.0203. The number of carbonyl (C=O) groups is 1. The van der Waals surface area contributed by atoms with E-state index in [0.717, 1.165) is 34.8 Å². The lowest BCUT2D eigenvalue weighted by atomic mass is 10.2. The molecule has 0 unspecified atom stereocenters. The number of fused-ring (bicyclic) bond motifs is 1. The Morgan fingerprint density at radius 1 is 1.23 bits per heavy atom. The summed E-state index contributed by atoms with van der Waals surface area (Å²) in [5.74, 6) is 0.521. The highest BCUT2D eigenvalue weighted by atomic mass is 35.5. The monoisotopic (exact) mass is 429 g/mol. The Kier molecular flexibility index (Phi) is 6.28. The zero-order valence-electron chi connectivity index (χ0n) is 14.7. The third-order valence-electron chi connectivity index (χ3n) is 4.30. The van der Waals surface area contributed by atoms with Crippen LogP contribution in [0.25, 0.3) is 10.1 Å². The van der Waals surface area contributed by atoms with E-state index in [9.17, 15) is 4.79 Å². The predicted octanol–water partition coefficient (Wildman–Crippen LogP) is 4.50. The van der Waals surface area contributed by atoms with Crippen LogP contribution in [0.3, 0.4) is 0 Å². The molecule has 0 saturated carbocycles. The molecule has 1 amide bonds. The number of nitrogens with one attached hydrogen (secondary N) is 1. The highest BCUT2D eigenvalue weighted by Crippen LogP contribution is 2.37. The summed E-state index contributed by atoms with van der Waals surface area (Å²) in [6, 6.07) is 5.51. The summed E-state index contributed by atoms with van der Waals surface area (Å²) in [5, 5.41) is 6.08. The summed E-state index contributed by atoms with van der Waals surface area (Å²) in [4.78, 5) is 17.5. The Labute approximate surface area is 173 Å². The molecule has 1 aromatic carbocycles. The highest BCUT2D eigenvalue weighted by Gasteiger charge is 2.26. The van der Waals surface area contributed by atoms with Crippen LogP contribution in [-0.2, 0) is 0 Å². The number of rotatable bonds is 3. The lowest BCUT2D eigenvalue weighted by Crippen LogP contribution is -2.53. The van der Waals surface area contributed by atoms with E-state index < -0.39 is 0 Å². The fourth-order valence-corrected chi connectivity index (χ4v) is 4.86. The van der Waals surface area contributed by atoms with Gasteiger partial charge in [0.15, 0.2) is 5.11 Å². The molecule has 1 N–H and O–H groups in total. The van der Waals surface area contributed by atoms with E-state index >= 15 is 0 Å². The van der Waals surface area contributed by atoms with Crippen molar-refractivity contribution < 1.29 is 4.79 Å². The van der Waals surface area contributed by atoms with Gasteiger partial charge in [-0.3, -0.25) is 4.79 Å². The minimum atomic E-state index is -0.0203. The second kappa shape index (κ2) is 8.30. The zero-order chi connectivity index (χ0) is 18.8. The minimum Gasteiger partial charge on any atom is -0.362 e. The fraction of sp³-hybridized carbons (Fsp3) is 0.444. The van der Waals surface area contributed by atoms with Crippen LogP contribution in [0, 0.1) is 5.92 Å². The van der Waals surface area contributed by atoms with E-state index in [2.05, 4.69) is 24.1 Å². The molecule has 1 fully saturated rings. The lowest BCUT2D eigenvalue weighted by molar-refractivity contribution is 0.0696. The molecule has 3 rings (SSSR count). The average Bonchev–Trinajstić information content (AvgIpc) is 2.95. The summed E-state index contributed by atoms with van der Waals surface area (Å²) in [6.45, 7) is 7.87. The van der Waals surface area contributed by atoms with Gasteiger partial charge in [0.25, 0.3) is 5.91 Å². The van der Waals surface area contributed by atoms with Gasteiger partial charge < -0.3 is 15.1 Å². The average molecular weight is 430 g/mol. The van der Waals surface area contributed by atoms with Crippen LogP contribution >= 0.6 is 46.8 Å². The van der Waals surface area contributed by atoms with Gasteiger partial charge >= 0.3 is 0 Å². The molecule has 0 aliphatic carbocycles. The molecule has 1 aliphatic rings. The number of hydrogen-bond acceptors (Lipinski definition) is 3. The maximum atomic E-state index is 12.9. The first kappa shape index (κ1) is 19.7. The normalized spacial score (nSPS) is 15.0. The summed E-state index contributed by atoms with van der Waals surface area (Å²) in [6.07, 6.45) is 0. The van der Waals surface area contributed by atoms with Crippen molar-refractivity contribution in [1.82, 2.24) is 15.1 Å². The van der Waals surface area contributed by atoms with E-state index in [1.807, 2.05) is 17.0 Å². The van der Waals surface area contributed by atoms with Crippen LogP contribution in [0.4, 0.5) is 0 Å². The molecule has 8 heteroatoms. The van der Waals surface area contributed by atoms with Gasteiger partial charge in [-0.2, -0.15) is 0 Å². The van der Waals surface area contributed by atoms with E-state index in [0.29, 0.717) is 33.9 Å². The standard InChI is InChI=1S/C18H21Cl2N3OS2/c1-11(2)10-21-18(25)23-7-5-22(6-8-23)17(24)16-15(20)13-4-3-12(19)9-14(13)26-16/h3-4,9,11H,5-8,10H2,1-2H3,(H,21,25). The lowest BCUT2D eigenvalue weighted by Gasteiger charge is -2.36. The highest BCUT2D eigenvalue weighted by molar-refractivity contribution is 7.80. The van der Waals surface area contributed by atoms with Crippen molar-refractivity contribution in [2.45, 2.75) is 13.8 Å². The van der Waals surface area contributed by atoms with Gasteiger partial charge in [-0.05, 0) is 30.3 Å². The van der Waals surface area contributed by atoms with Gasteiger partial charge in [0.05, 0.1) is 5.02 Å². The molecule has 1 aliphatic heterocycles. The Morgan fingerprint density at radius 3 is 2.54 bits per heavy atom. The van der Waals surface area contributed by atoms with Gasteiger partial charge in [-0.15, -0.1) is 11.3 Å². The number of thiocarbonyl (C=S) groups is 1. The van der Waals surface area contributed by atoms with Crippen molar-refractivity contribution >= 4 is 67.9 Å². The molecule has 0 spiro atoms. The van der Waals surface area contributed by atoms with E-state index in [4.69, 9.17) is 35.4 Å². The first-order valence-corrected chi connectivity index (χ1v) is 10.5. The number of amides is 1. The van der Waals surface area contributed by atoms with E-state index in [1.165, 1.54) is 11.3 Å². The van der Waals surface area contributed by atoms with Crippen LogP contribution in [0.15, 0.2) is 18.2 Å². The van der Waals surface area contributed by atoms with Crippen molar-refractivity contribution in [2.75, 3.05) is 32.7 Å². The third kappa shape index (κ3) is 4.25. The molecular formula is C18H21Cl2N3OS2. The molecule has 26 heavy (non-hydrogen) atoms. The maximum Gasteiger partial charge on any atom is 0.265 e. The quantitative estimate of drug-likeness (QED) is 0.728. The number of thiophene rings is 1. The Bertz CT molecular complexity index is 829. The SMILES string of the molecule is CC(C)CNC(=S)N1CCN(C(=O)c2sc3cc(Cl)ccc3c2Cl)CC1. The summed E-state index contributed by atoms with van der Waals surface area (Å²) in [5.41, 5.74) is 0. The molecule has 0 radical (unpaired) electrons. The topological polar surface area (TPSA) is 35.6 Å². The van der Waals surface area contributed by atoms with Crippen molar-refractivity contribution in [1.29, 1.82) is 0 Å². The first-order valence-electron chi connectivity index (χ1n) is 8.56. The molecule has 140 valence electrons. The van der Waals surface area contributed by atoms with Crippen molar-refractivity contribution in [2.24, 2.45) is 5.92 Å². The predicted molar refractivity (Wildman–Crippen MR) is 115 cm³/mol. The van der Waals surface area contributed by atoms with Gasteiger partial charge in [-0.1, -0.05) is 43.1 Å². The van der Waals surface area contributed by atoms with Crippen molar-refractivity contribution in [3.05, 3.63) is 33.1 Å². The molecule has 2 heterocycles. The van der Waals surface area contributed by atoms with Gasteiger partial charge in [0.1, 0.15) is 4.88 Å². The number of piperazine rings is 1. The van der Waals surface area contributed by atoms with Crippen molar-refractivity contribution in [3.8, 4) is 0 Å². The second-order valence-corrected chi connectivity index (χ2v) is 9.00. The number of halogens is 2. The maximum absolute atomic E-state index is 12.9. The molecule has 0 bridgehead atoms. The largest absolute Gasteiger partial charge is 0.362 e. The summed E-state index contributed by atoms with van der Waals surface area (Å²) in [7, 11) is 0. The van der Waals surface area contributed by atoms with Crippen LogP contribution in [-0.4, -0.2) is 53.5 Å². The summed E-state index contributed by atoms with van der Waals surface area (Å²) >= 11 is 19.3. The molecule has 4 nitrogen and oxygen atoms in total. The van der Waals surface area contributed by atoms with E-state index in [1.54, 1.807) is 6.07 Å². The fourth-order valence-electron chi connectivity index (χ4n) is 2.84. The number of nitrogens with zero attached hydrogens (tertiary/aromatic N) is 2. The smallest absolute Gasteiger partial charge is 0.265 e. The summed E-state index contributed by atoms with van der Waals surface area (Å²) < 4.78 is 0.934. The zero-order valence-corrected chi connectivity index (χ0v) is 17.9. The van der Waals surface area contributed by atoms with Crippen LogP contribution in [0.5, 0.6) is 0 Å². The molecular weight excluding hydrogens is 409 g/mol. The molecule has 1 aromatic heterocycles.